The Bertz CT molecular complexity index is 1050. The normalized spacial score (nSPS) is 10.5. The summed E-state index contributed by atoms with van der Waals surface area (Å²) in [5.74, 6) is 0.381. The lowest BCUT2D eigenvalue weighted by Gasteiger charge is -2.09. The molecule has 2 N–H and O–H groups in total. The highest BCUT2D eigenvalue weighted by Gasteiger charge is 2.13. The molecule has 31 heavy (non-hydrogen) atoms. The molecule has 0 aliphatic heterocycles. The average molecular weight is 458 g/mol. The summed E-state index contributed by atoms with van der Waals surface area (Å²) in [6, 6.07) is 12.6. The van der Waals surface area contributed by atoms with Crippen molar-refractivity contribution in [3.05, 3.63) is 64.1 Å². The van der Waals surface area contributed by atoms with Crippen LogP contribution in [-0.2, 0) is 11.2 Å². The largest absolute Gasteiger partial charge is 0.494 e. The van der Waals surface area contributed by atoms with Crippen LogP contribution in [0.4, 0.5) is 5.69 Å². The second-order valence-corrected chi connectivity index (χ2v) is 8.04. The van der Waals surface area contributed by atoms with Crippen LogP contribution in [0.25, 0.3) is 10.6 Å². The molecule has 3 aromatic rings. The highest BCUT2D eigenvalue weighted by molar-refractivity contribution is 7.13. The van der Waals surface area contributed by atoms with Crippen LogP contribution < -0.4 is 15.4 Å². The lowest BCUT2D eigenvalue weighted by Crippen LogP contribution is -2.24. The van der Waals surface area contributed by atoms with Gasteiger partial charge in [0.2, 0.25) is 5.91 Å². The predicted molar refractivity (Wildman–Crippen MR) is 125 cm³/mol. The van der Waals surface area contributed by atoms with Crippen molar-refractivity contribution >= 4 is 40.4 Å². The van der Waals surface area contributed by atoms with Crippen molar-refractivity contribution < 1.29 is 14.3 Å². The Hall–Kier alpha value is -2.90. The molecule has 8 heteroatoms. The summed E-state index contributed by atoms with van der Waals surface area (Å²) in [7, 11) is 0. The van der Waals surface area contributed by atoms with E-state index in [4.69, 9.17) is 16.3 Å². The van der Waals surface area contributed by atoms with Gasteiger partial charge in [0.25, 0.3) is 5.91 Å². The molecule has 0 fully saturated rings. The third-order valence-corrected chi connectivity index (χ3v) is 5.59. The Morgan fingerprint density at radius 3 is 2.58 bits per heavy atom. The van der Waals surface area contributed by atoms with Crippen LogP contribution in [0.5, 0.6) is 5.75 Å². The van der Waals surface area contributed by atoms with Crippen LogP contribution in [-0.4, -0.2) is 29.9 Å². The Balaban J connectivity index is 1.60. The molecule has 2 aromatic carbocycles. The Labute approximate surface area is 190 Å². The number of nitrogens with one attached hydrogen (secondary N) is 2. The van der Waals surface area contributed by atoms with E-state index < -0.39 is 0 Å². The summed E-state index contributed by atoms with van der Waals surface area (Å²) in [5.41, 5.74) is 2.58. The number of hydrogen-bond donors (Lipinski definition) is 2. The van der Waals surface area contributed by atoms with Gasteiger partial charge in [0.15, 0.2) is 0 Å². The molecule has 0 saturated heterocycles. The predicted octanol–water partition coefficient (Wildman–Crippen LogP) is 5.18. The van der Waals surface area contributed by atoms with Gasteiger partial charge in [0.05, 0.1) is 29.3 Å². The van der Waals surface area contributed by atoms with Gasteiger partial charge in [-0.1, -0.05) is 18.5 Å². The maximum Gasteiger partial charge on any atom is 0.252 e. The zero-order valence-corrected chi connectivity index (χ0v) is 19.0. The summed E-state index contributed by atoms with van der Waals surface area (Å²) >= 11 is 7.70. The number of rotatable bonds is 9. The van der Waals surface area contributed by atoms with Crippen molar-refractivity contribution in [3.63, 3.8) is 0 Å². The number of nitrogens with zero attached hydrogens (tertiary/aromatic N) is 1. The molecule has 162 valence electrons. The van der Waals surface area contributed by atoms with Gasteiger partial charge in [-0.15, -0.1) is 11.3 Å². The first kappa shape index (κ1) is 22.8. The average Bonchev–Trinajstić information content (AvgIpc) is 3.21. The summed E-state index contributed by atoms with van der Waals surface area (Å²) in [5, 5.41) is 8.59. The van der Waals surface area contributed by atoms with E-state index in [-0.39, 0.29) is 23.3 Å². The quantitative estimate of drug-likeness (QED) is 0.463. The number of thiazole rings is 1. The third-order valence-electron chi connectivity index (χ3n) is 4.34. The van der Waals surface area contributed by atoms with Gasteiger partial charge in [-0.3, -0.25) is 9.59 Å². The smallest absolute Gasteiger partial charge is 0.252 e. The van der Waals surface area contributed by atoms with Gasteiger partial charge in [0.1, 0.15) is 10.8 Å². The van der Waals surface area contributed by atoms with Gasteiger partial charge in [-0.25, -0.2) is 4.98 Å². The van der Waals surface area contributed by atoms with Crippen molar-refractivity contribution in [2.24, 2.45) is 0 Å². The van der Waals surface area contributed by atoms with E-state index in [1.165, 1.54) is 11.3 Å². The molecule has 2 amide bonds. The number of aromatic nitrogens is 1. The second kappa shape index (κ2) is 10.9. The van der Waals surface area contributed by atoms with Crippen LogP contribution >= 0.6 is 22.9 Å². The first-order valence-electron chi connectivity index (χ1n) is 10.1. The Morgan fingerprint density at radius 2 is 1.90 bits per heavy atom. The van der Waals surface area contributed by atoms with Gasteiger partial charge >= 0.3 is 0 Å². The standard InChI is InChI=1S/C23H24ClN3O3S/c1-3-11-25-22(29)19-10-7-16(12-20(19)24)26-21(28)13-17-14-31-23(27-17)15-5-8-18(9-6-15)30-4-2/h5-10,12,14H,3-4,11,13H2,1-2H3,(H,25,29)(H,26,28). The summed E-state index contributed by atoms with van der Waals surface area (Å²) in [4.78, 5) is 29.1. The van der Waals surface area contributed by atoms with Crippen LogP contribution in [0.1, 0.15) is 36.3 Å². The number of hydrogen-bond acceptors (Lipinski definition) is 5. The second-order valence-electron chi connectivity index (χ2n) is 6.78. The van der Waals surface area contributed by atoms with E-state index >= 15 is 0 Å². The van der Waals surface area contributed by atoms with E-state index in [9.17, 15) is 9.59 Å². The SMILES string of the molecule is CCCNC(=O)c1ccc(NC(=O)Cc2csc(-c3ccc(OCC)cc3)n2)cc1Cl. The first-order valence-corrected chi connectivity index (χ1v) is 11.3. The van der Waals surface area contributed by atoms with Crippen LogP contribution in [0, 0.1) is 0 Å². The number of anilines is 1. The molecular formula is C23H24ClN3O3S. The minimum atomic E-state index is -0.228. The molecule has 0 saturated carbocycles. The van der Waals surface area contributed by atoms with Crippen LogP contribution in [0.3, 0.4) is 0 Å². The molecule has 1 aromatic heterocycles. The molecule has 0 spiro atoms. The maximum atomic E-state index is 12.4. The van der Waals surface area contributed by atoms with Gasteiger partial charge in [-0.05, 0) is 55.8 Å². The number of halogens is 1. The van der Waals surface area contributed by atoms with Crippen molar-refractivity contribution in [3.8, 4) is 16.3 Å². The molecule has 3 rings (SSSR count). The molecule has 1 heterocycles. The highest BCUT2D eigenvalue weighted by Crippen LogP contribution is 2.26. The van der Waals surface area contributed by atoms with Crippen molar-refractivity contribution in [2.75, 3.05) is 18.5 Å². The summed E-state index contributed by atoms with van der Waals surface area (Å²) in [6.07, 6.45) is 0.984. The van der Waals surface area contributed by atoms with E-state index in [2.05, 4.69) is 15.6 Å². The summed E-state index contributed by atoms with van der Waals surface area (Å²) < 4.78 is 5.46. The molecular weight excluding hydrogens is 434 g/mol. The molecule has 0 unspecified atom stereocenters. The monoisotopic (exact) mass is 457 g/mol. The lowest BCUT2D eigenvalue weighted by atomic mass is 10.2. The van der Waals surface area contributed by atoms with Crippen molar-refractivity contribution in [1.29, 1.82) is 0 Å². The van der Waals surface area contributed by atoms with Crippen molar-refractivity contribution in [2.45, 2.75) is 26.7 Å². The molecule has 0 atom stereocenters. The first-order chi connectivity index (χ1) is 15.0. The van der Waals surface area contributed by atoms with Gasteiger partial charge < -0.3 is 15.4 Å². The zero-order valence-electron chi connectivity index (χ0n) is 17.4. The molecule has 0 aliphatic rings. The topological polar surface area (TPSA) is 80.3 Å². The van der Waals surface area contributed by atoms with E-state index in [1.807, 2.05) is 43.5 Å². The fourth-order valence-corrected chi connectivity index (χ4v) is 3.95. The number of carbonyl (C=O) groups excluding carboxylic acids is 2. The number of ether oxygens (including phenoxy) is 1. The van der Waals surface area contributed by atoms with Crippen molar-refractivity contribution in [1.82, 2.24) is 10.3 Å². The fraction of sp³-hybridized carbons (Fsp3) is 0.261. The molecule has 0 radical (unpaired) electrons. The fourth-order valence-electron chi connectivity index (χ4n) is 2.86. The maximum absolute atomic E-state index is 12.4. The van der Waals surface area contributed by atoms with E-state index in [0.29, 0.717) is 30.1 Å². The Kier molecular flexibility index (Phi) is 8.03. The molecule has 0 bridgehead atoms. The minimum Gasteiger partial charge on any atom is -0.494 e. The van der Waals surface area contributed by atoms with Gasteiger partial charge in [-0.2, -0.15) is 0 Å². The van der Waals surface area contributed by atoms with E-state index in [1.54, 1.807) is 18.2 Å². The Morgan fingerprint density at radius 1 is 1.13 bits per heavy atom. The van der Waals surface area contributed by atoms with Crippen LogP contribution in [0.2, 0.25) is 5.02 Å². The third kappa shape index (κ3) is 6.29. The number of benzene rings is 2. The van der Waals surface area contributed by atoms with Gasteiger partial charge in [0, 0.05) is 23.2 Å². The summed E-state index contributed by atoms with van der Waals surface area (Å²) in [6.45, 7) is 5.12. The van der Waals surface area contributed by atoms with E-state index in [0.717, 1.165) is 22.7 Å². The minimum absolute atomic E-state index is 0.143. The number of carbonyl (C=O) groups is 2. The molecule has 6 nitrogen and oxygen atoms in total. The zero-order chi connectivity index (χ0) is 22.2. The molecule has 0 aliphatic carbocycles. The lowest BCUT2D eigenvalue weighted by molar-refractivity contribution is -0.115. The highest BCUT2D eigenvalue weighted by atomic mass is 35.5. The van der Waals surface area contributed by atoms with Crippen LogP contribution in [0.15, 0.2) is 47.8 Å². The number of amides is 2.